The molecule has 3 nitrogen and oxygen atoms in total. The predicted molar refractivity (Wildman–Crippen MR) is 62.0 cm³/mol. The van der Waals surface area contributed by atoms with Crippen molar-refractivity contribution < 1.29 is 10.2 Å². The Hall–Kier alpha value is -0.710. The van der Waals surface area contributed by atoms with Gasteiger partial charge >= 0.3 is 0 Å². The summed E-state index contributed by atoms with van der Waals surface area (Å²) in [5, 5.41) is 19.1. The van der Waals surface area contributed by atoms with Crippen molar-refractivity contribution in [2.45, 2.75) is 11.8 Å². The molecule has 4 heteroatoms. The normalized spacial score (nSPS) is 8.86. The second-order valence-electron chi connectivity index (χ2n) is 2.48. The van der Waals surface area contributed by atoms with Crippen LogP contribution in [0.2, 0.25) is 0 Å². The van der Waals surface area contributed by atoms with Gasteiger partial charge in [0.2, 0.25) is 0 Å². The standard InChI is InChI=1S/C8H11NOS.C2H6O/c10-6-5-9-7-3-1-2-4-8(7)11;1-2-3/h1-4,9-11H,5-6H2;3H,2H2,1H3. The second kappa shape index (κ2) is 8.87. The second-order valence-corrected chi connectivity index (χ2v) is 2.97. The highest BCUT2D eigenvalue weighted by molar-refractivity contribution is 7.80. The van der Waals surface area contributed by atoms with Gasteiger partial charge in [-0.3, -0.25) is 0 Å². The van der Waals surface area contributed by atoms with Crippen LogP contribution in [0.3, 0.4) is 0 Å². The van der Waals surface area contributed by atoms with E-state index < -0.39 is 0 Å². The topological polar surface area (TPSA) is 52.5 Å². The van der Waals surface area contributed by atoms with Crippen LogP contribution in [0.4, 0.5) is 5.69 Å². The van der Waals surface area contributed by atoms with Gasteiger partial charge in [-0.25, -0.2) is 0 Å². The minimum Gasteiger partial charge on any atom is -0.397 e. The van der Waals surface area contributed by atoms with E-state index in [0.29, 0.717) is 6.54 Å². The molecule has 0 radical (unpaired) electrons. The first-order valence-corrected chi connectivity index (χ1v) is 4.94. The molecular formula is C10H17NO2S. The molecule has 1 rings (SSSR count). The highest BCUT2D eigenvalue weighted by Crippen LogP contribution is 2.17. The maximum atomic E-state index is 8.53. The molecule has 0 atom stereocenters. The number of aliphatic hydroxyl groups excluding tert-OH is 2. The Labute approximate surface area is 90.2 Å². The Kier molecular flexibility index (Phi) is 8.42. The zero-order valence-corrected chi connectivity index (χ0v) is 9.17. The van der Waals surface area contributed by atoms with E-state index >= 15 is 0 Å². The van der Waals surface area contributed by atoms with E-state index in [-0.39, 0.29) is 13.2 Å². The number of para-hydroxylation sites is 1. The third-order valence-corrected chi connectivity index (χ3v) is 1.72. The predicted octanol–water partition coefficient (Wildman–Crippen LogP) is 1.38. The fourth-order valence-corrected chi connectivity index (χ4v) is 1.05. The van der Waals surface area contributed by atoms with Crippen LogP contribution in [0.1, 0.15) is 6.92 Å². The first-order chi connectivity index (χ1) is 6.76. The third-order valence-electron chi connectivity index (χ3n) is 1.33. The van der Waals surface area contributed by atoms with Gasteiger partial charge < -0.3 is 15.5 Å². The first-order valence-electron chi connectivity index (χ1n) is 4.49. The van der Waals surface area contributed by atoms with Gasteiger partial charge in [0.15, 0.2) is 0 Å². The fraction of sp³-hybridized carbons (Fsp3) is 0.400. The van der Waals surface area contributed by atoms with E-state index in [1.165, 1.54) is 0 Å². The maximum absolute atomic E-state index is 8.53. The van der Waals surface area contributed by atoms with Gasteiger partial charge in [0.05, 0.1) is 6.61 Å². The van der Waals surface area contributed by atoms with Crippen LogP contribution in [-0.2, 0) is 0 Å². The average molecular weight is 215 g/mol. The summed E-state index contributed by atoms with van der Waals surface area (Å²) >= 11 is 4.23. The lowest BCUT2D eigenvalue weighted by Gasteiger charge is -2.05. The molecule has 0 fully saturated rings. The lowest BCUT2D eigenvalue weighted by Crippen LogP contribution is -2.05. The number of thiol groups is 1. The van der Waals surface area contributed by atoms with Gasteiger partial charge in [-0.15, -0.1) is 12.6 Å². The van der Waals surface area contributed by atoms with E-state index in [0.717, 1.165) is 10.6 Å². The van der Waals surface area contributed by atoms with E-state index in [1.54, 1.807) is 6.92 Å². The first kappa shape index (κ1) is 13.3. The molecule has 0 heterocycles. The quantitative estimate of drug-likeness (QED) is 0.576. The van der Waals surface area contributed by atoms with E-state index in [1.807, 2.05) is 24.3 Å². The van der Waals surface area contributed by atoms with Crippen LogP contribution in [-0.4, -0.2) is 30.0 Å². The summed E-state index contributed by atoms with van der Waals surface area (Å²) in [6.07, 6.45) is 0. The molecule has 0 aliphatic carbocycles. The molecule has 0 aliphatic heterocycles. The molecule has 0 spiro atoms. The zero-order valence-electron chi connectivity index (χ0n) is 8.27. The molecular weight excluding hydrogens is 198 g/mol. The summed E-state index contributed by atoms with van der Waals surface area (Å²) < 4.78 is 0. The average Bonchev–Trinajstić information content (AvgIpc) is 2.18. The van der Waals surface area contributed by atoms with Crippen LogP contribution in [0.5, 0.6) is 0 Å². The maximum Gasteiger partial charge on any atom is 0.0604 e. The Morgan fingerprint density at radius 3 is 2.36 bits per heavy atom. The molecule has 3 N–H and O–H groups in total. The molecule has 0 bridgehead atoms. The van der Waals surface area contributed by atoms with E-state index in [9.17, 15) is 0 Å². The molecule has 0 aliphatic rings. The van der Waals surface area contributed by atoms with Gasteiger partial charge in [-0.2, -0.15) is 0 Å². The number of anilines is 1. The van der Waals surface area contributed by atoms with Gasteiger partial charge in [-0.05, 0) is 19.1 Å². The van der Waals surface area contributed by atoms with Crippen molar-refractivity contribution in [2.24, 2.45) is 0 Å². The summed E-state index contributed by atoms with van der Waals surface area (Å²) in [6.45, 7) is 2.64. The van der Waals surface area contributed by atoms with Crippen LogP contribution in [0, 0.1) is 0 Å². The molecule has 1 aromatic carbocycles. The summed E-state index contributed by atoms with van der Waals surface area (Å²) in [5.74, 6) is 0. The fourth-order valence-electron chi connectivity index (χ4n) is 0.814. The molecule has 0 amide bonds. The largest absolute Gasteiger partial charge is 0.397 e. The Balaban J connectivity index is 0.000000500. The highest BCUT2D eigenvalue weighted by Gasteiger charge is 1.93. The summed E-state index contributed by atoms with van der Waals surface area (Å²) in [4.78, 5) is 0.904. The van der Waals surface area contributed by atoms with Gasteiger partial charge in [0, 0.05) is 23.7 Å². The Morgan fingerprint density at radius 1 is 1.29 bits per heavy atom. The van der Waals surface area contributed by atoms with Crippen molar-refractivity contribution in [1.29, 1.82) is 0 Å². The summed E-state index contributed by atoms with van der Waals surface area (Å²) in [5.41, 5.74) is 0.963. The number of hydrogen-bond donors (Lipinski definition) is 4. The SMILES string of the molecule is CCO.OCCNc1ccccc1S. The van der Waals surface area contributed by atoms with Crippen molar-refractivity contribution in [2.75, 3.05) is 25.1 Å². The monoisotopic (exact) mass is 215 g/mol. The number of aliphatic hydroxyl groups is 2. The molecule has 0 saturated heterocycles. The number of benzene rings is 1. The third kappa shape index (κ3) is 5.85. The van der Waals surface area contributed by atoms with Gasteiger partial charge in [0.1, 0.15) is 0 Å². The minimum absolute atomic E-state index is 0.141. The van der Waals surface area contributed by atoms with Gasteiger partial charge in [-0.1, -0.05) is 12.1 Å². The van der Waals surface area contributed by atoms with Crippen molar-refractivity contribution in [3.63, 3.8) is 0 Å². The lowest BCUT2D eigenvalue weighted by molar-refractivity contribution is 0.311. The van der Waals surface area contributed by atoms with Crippen LogP contribution >= 0.6 is 12.6 Å². The number of nitrogens with one attached hydrogen (secondary N) is 1. The van der Waals surface area contributed by atoms with E-state index in [4.69, 9.17) is 10.2 Å². The van der Waals surface area contributed by atoms with E-state index in [2.05, 4.69) is 17.9 Å². The number of rotatable bonds is 3. The molecule has 0 aromatic heterocycles. The van der Waals surface area contributed by atoms with Crippen molar-refractivity contribution in [3.8, 4) is 0 Å². The van der Waals surface area contributed by atoms with Crippen LogP contribution in [0.25, 0.3) is 0 Å². The van der Waals surface area contributed by atoms with Crippen molar-refractivity contribution in [3.05, 3.63) is 24.3 Å². The lowest BCUT2D eigenvalue weighted by atomic mass is 10.3. The van der Waals surface area contributed by atoms with Gasteiger partial charge in [0.25, 0.3) is 0 Å². The zero-order chi connectivity index (χ0) is 10.8. The molecule has 1 aromatic rings. The highest BCUT2D eigenvalue weighted by atomic mass is 32.1. The minimum atomic E-state index is 0.141. The summed E-state index contributed by atoms with van der Waals surface area (Å²) in [6, 6.07) is 7.69. The Morgan fingerprint density at radius 2 is 1.86 bits per heavy atom. The van der Waals surface area contributed by atoms with Crippen LogP contribution in [0.15, 0.2) is 29.2 Å². The summed E-state index contributed by atoms with van der Waals surface area (Å²) in [7, 11) is 0. The number of hydrogen-bond acceptors (Lipinski definition) is 4. The molecule has 14 heavy (non-hydrogen) atoms. The smallest absolute Gasteiger partial charge is 0.0604 e. The van der Waals surface area contributed by atoms with Crippen molar-refractivity contribution >= 4 is 18.3 Å². The van der Waals surface area contributed by atoms with Crippen molar-refractivity contribution in [1.82, 2.24) is 0 Å². The molecule has 80 valence electrons. The molecule has 0 saturated carbocycles. The van der Waals surface area contributed by atoms with Crippen LogP contribution < -0.4 is 5.32 Å². The molecule has 0 unspecified atom stereocenters. The Bertz CT molecular complexity index is 243.